The first-order chi connectivity index (χ1) is 12.8. The summed E-state index contributed by atoms with van der Waals surface area (Å²) >= 11 is 0. The number of rotatable bonds is 2. The van der Waals surface area contributed by atoms with E-state index in [-0.39, 0.29) is 18.6 Å². The average molecular weight is 351 g/mol. The van der Waals surface area contributed by atoms with E-state index in [0.717, 1.165) is 35.0 Å². The molecule has 6 nitrogen and oxygen atoms in total. The lowest BCUT2D eigenvalue weighted by molar-refractivity contribution is -0.702. The highest BCUT2D eigenvalue weighted by Crippen LogP contribution is 2.42. The monoisotopic (exact) mass is 351 g/mol. The van der Waals surface area contributed by atoms with Crippen LogP contribution in [0.1, 0.15) is 22.9 Å². The van der Waals surface area contributed by atoms with E-state index in [0.29, 0.717) is 5.75 Å². The van der Waals surface area contributed by atoms with Gasteiger partial charge >= 0.3 is 0 Å². The molecule has 0 amide bonds. The maximum Gasteiger partial charge on any atom is 0.231 e. The Hall–Kier alpha value is -3.12. The van der Waals surface area contributed by atoms with Crippen molar-refractivity contribution in [1.29, 1.82) is 0 Å². The zero-order valence-electron chi connectivity index (χ0n) is 14.3. The first kappa shape index (κ1) is 15.2. The maximum absolute atomic E-state index is 10.2. The molecule has 0 aliphatic carbocycles. The number of aromatic nitrogens is 1. The Kier molecular flexibility index (Phi) is 3.33. The molecule has 5 rings (SSSR count). The molecule has 0 fully saturated rings. The SMILES string of the molecule is COc1ccc(C2[NH2+]Cc3ccc4c(c3-n3cccc32)OCO4)cc1O. The lowest BCUT2D eigenvalue weighted by atomic mass is 10.0. The number of benzene rings is 2. The molecule has 1 unspecified atom stereocenters. The summed E-state index contributed by atoms with van der Waals surface area (Å²) in [5.74, 6) is 2.20. The summed E-state index contributed by atoms with van der Waals surface area (Å²) in [5.41, 5.74) is 4.37. The van der Waals surface area contributed by atoms with E-state index in [1.165, 1.54) is 5.56 Å². The fourth-order valence-corrected chi connectivity index (χ4v) is 3.85. The molecule has 1 atom stereocenters. The van der Waals surface area contributed by atoms with Gasteiger partial charge in [0.1, 0.15) is 12.2 Å². The van der Waals surface area contributed by atoms with Crippen molar-refractivity contribution in [2.45, 2.75) is 12.6 Å². The normalized spacial score (nSPS) is 17.3. The average Bonchev–Trinajstić information content (AvgIpc) is 3.29. The summed E-state index contributed by atoms with van der Waals surface area (Å²) in [4.78, 5) is 0. The summed E-state index contributed by atoms with van der Waals surface area (Å²) in [6.07, 6.45) is 2.05. The number of phenols is 1. The van der Waals surface area contributed by atoms with Crippen LogP contribution in [0.15, 0.2) is 48.7 Å². The Labute approximate surface area is 150 Å². The van der Waals surface area contributed by atoms with E-state index in [1.807, 2.05) is 24.4 Å². The van der Waals surface area contributed by atoms with Crippen LogP contribution in [0.4, 0.5) is 0 Å². The lowest BCUT2D eigenvalue weighted by Crippen LogP contribution is -2.83. The number of aromatic hydroxyl groups is 1. The van der Waals surface area contributed by atoms with Gasteiger partial charge in [-0.25, -0.2) is 0 Å². The molecule has 0 spiro atoms. The molecule has 0 bridgehead atoms. The molecule has 3 aromatic rings. The third kappa shape index (κ3) is 2.16. The van der Waals surface area contributed by atoms with Crippen molar-refractivity contribution in [3.05, 3.63) is 65.5 Å². The van der Waals surface area contributed by atoms with Gasteiger partial charge in [-0.3, -0.25) is 0 Å². The van der Waals surface area contributed by atoms with Gasteiger partial charge in [0, 0.05) is 17.3 Å². The van der Waals surface area contributed by atoms with Crippen molar-refractivity contribution in [1.82, 2.24) is 4.57 Å². The van der Waals surface area contributed by atoms with Gasteiger partial charge in [0.05, 0.1) is 12.8 Å². The van der Waals surface area contributed by atoms with Gasteiger partial charge in [-0.05, 0) is 42.5 Å². The molecular weight excluding hydrogens is 332 g/mol. The zero-order valence-corrected chi connectivity index (χ0v) is 14.3. The van der Waals surface area contributed by atoms with Crippen molar-refractivity contribution in [2.24, 2.45) is 0 Å². The topological polar surface area (TPSA) is 69.5 Å². The molecule has 0 radical (unpaired) electrons. The van der Waals surface area contributed by atoms with Crippen LogP contribution in [0, 0.1) is 0 Å². The van der Waals surface area contributed by atoms with E-state index < -0.39 is 0 Å². The lowest BCUT2D eigenvalue weighted by Gasteiger charge is -2.16. The number of hydrogen-bond donors (Lipinski definition) is 2. The van der Waals surface area contributed by atoms with Crippen LogP contribution in [-0.4, -0.2) is 23.6 Å². The summed E-state index contributed by atoms with van der Waals surface area (Å²) in [6.45, 7) is 1.05. The van der Waals surface area contributed by atoms with E-state index >= 15 is 0 Å². The number of quaternary nitrogens is 1. The van der Waals surface area contributed by atoms with Crippen molar-refractivity contribution >= 4 is 0 Å². The minimum Gasteiger partial charge on any atom is -0.504 e. The number of nitrogens with zero attached hydrogens (tertiary/aromatic N) is 1. The molecular formula is C20H19N2O4+. The highest BCUT2D eigenvalue weighted by molar-refractivity contribution is 5.62. The fraction of sp³-hybridized carbons (Fsp3) is 0.200. The second-order valence-electron chi connectivity index (χ2n) is 6.46. The van der Waals surface area contributed by atoms with Gasteiger partial charge in [-0.15, -0.1) is 0 Å². The van der Waals surface area contributed by atoms with Gasteiger partial charge in [-0.2, -0.15) is 0 Å². The number of fused-ring (bicyclic) bond motifs is 5. The van der Waals surface area contributed by atoms with E-state index in [9.17, 15) is 5.11 Å². The Morgan fingerprint density at radius 2 is 2.12 bits per heavy atom. The Balaban J connectivity index is 1.65. The second-order valence-corrected chi connectivity index (χ2v) is 6.46. The van der Waals surface area contributed by atoms with E-state index in [2.05, 4.69) is 22.0 Å². The first-order valence-electron chi connectivity index (χ1n) is 8.55. The number of methoxy groups -OCH3 is 1. The second kappa shape index (κ2) is 5.71. The molecule has 3 N–H and O–H groups in total. The van der Waals surface area contributed by atoms with Crippen LogP contribution in [0.25, 0.3) is 5.69 Å². The van der Waals surface area contributed by atoms with Crippen molar-refractivity contribution in [3.8, 4) is 28.7 Å². The van der Waals surface area contributed by atoms with Crippen LogP contribution in [-0.2, 0) is 6.54 Å². The smallest absolute Gasteiger partial charge is 0.231 e. The van der Waals surface area contributed by atoms with Crippen molar-refractivity contribution < 1.29 is 24.6 Å². The Morgan fingerprint density at radius 1 is 1.19 bits per heavy atom. The molecule has 132 valence electrons. The van der Waals surface area contributed by atoms with E-state index in [4.69, 9.17) is 14.2 Å². The predicted molar refractivity (Wildman–Crippen MR) is 94.0 cm³/mol. The zero-order chi connectivity index (χ0) is 17.7. The van der Waals surface area contributed by atoms with Crippen LogP contribution < -0.4 is 19.5 Å². The van der Waals surface area contributed by atoms with Gasteiger partial charge < -0.3 is 29.2 Å². The number of nitrogens with two attached hydrogens (primary N) is 1. The standard InChI is InChI=1S/C20H18N2O4/c1-24-16-6-4-12(9-15(16)23)18-14-3-2-8-22(14)19-13(10-21-18)5-7-17-20(19)26-11-25-17/h2-9,18,21,23H,10-11H2,1H3/p+1. The summed E-state index contributed by atoms with van der Waals surface area (Å²) < 4.78 is 18.6. The summed E-state index contributed by atoms with van der Waals surface area (Å²) in [7, 11) is 1.55. The largest absolute Gasteiger partial charge is 0.504 e. The predicted octanol–water partition coefficient (Wildman–Crippen LogP) is 2.09. The number of phenolic OH excluding ortho intramolecular Hbond substituents is 1. The quantitative estimate of drug-likeness (QED) is 0.742. The van der Waals surface area contributed by atoms with Gasteiger partial charge in [0.15, 0.2) is 29.0 Å². The summed E-state index contributed by atoms with van der Waals surface area (Å²) in [5, 5.41) is 12.5. The van der Waals surface area contributed by atoms with Crippen LogP contribution >= 0.6 is 0 Å². The van der Waals surface area contributed by atoms with Gasteiger partial charge in [0.2, 0.25) is 6.79 Å². The Morgan fingerprint density at radius 3 is 2.96 bits per heavy atom. The minimum atomic E-state index is 0.0483. The molecule has 26 heavy (non-hydrogen) atoms. The van der Waals surface area contributed by atoms with Crippen LogP contribution in [0.2, 0.25) is 0 Å². The number of hydrogen-bond acceptors (Lipinski definition) is 4. The molecule has 2 aliphatic rings. The molecule has 6 heteroatoms. The van der Waals surface area contributed by atoms with Crippen molar-refractivity contribution in [2.75, 3.05) is 13.9 Å². The van der Waals surface area contributed by atoms with Crippen molar-refractivity contribution in [3.63, 3.8) is 0 Å². The molecule has 2 aromatic carbocycles. The molecule has 2 aliphatic heterocycles. The summed E-state index contributed by atoms with van der Waals surface area (Å²) in [6, 6.07) is 13.8. The van der Waals surface area contributed by atoms with Gasteiger partial charge in [-0.1, -0.05) is 0 Å². The van der Waals surface area contributed by atoms with Crippen LogP contribution in [0.3, 0.4) is 0 Å². The van der Waals surface area contributed by atoms with Gasteiger partial charge in [0.25, 0.3) is 0 Å². The molecule has 1 aromatic heterocycles. The molecule has 0 saturated carbocycles. The molecule has 0 saturated heterocycles. The van der Waals surface area contributed by atoms with Crippen LogP contribution in [0.5, 0.6) is 23.0 Å². The molecule has 3 heterocycles. The maximum atomic E-state index is 10.2. The third-order valence-electron chi connectivity index (χ3n) is 5.07. The minimum absolute atomic E-state index is 0.0483. The highest BCUT2D eigenvalue weighted by Gasteiger charge is 2.31. The highest BCUT2D eigenvalue weighted by atomic mass is 16.7. The fourth-order valence-electron chi connectivity index (χ4n) is 3.85. The Bertz CT molecular complexity index is 995. The van der Waals surface area contributed by atoms with E-state index in [1.54, 1.807) is 19.2 Å². The third-order valence-corrected chi connectivity index (χ3v) is 5.07. The number of ether oxygens (including phenoxy) is 3. The first-order valence-corrected chi connectivity index (χ1v) is 8.55.